The minimum absolute atomic E-state index is 0.0703. The van der Waals surface area contributed by atoms with Gasteiger partial charge in [-0.15, -0.1) is 0 Å². The van der Waals surface area contributed by atoms with Crippen LogP contribution in [0.1, 0.15) is 38.9 Å². The number of carbonyl (C=O) groups excluding carboxylic acids is 1. The summed E-state index contributed by atoms with van der Waals surface area (Å²) in [4.78, 5) is 13.8. The fourth-order valence-corrected chi connectivity index (χ4v) is 7.25. The van der Waals surface area contributed by atoms with Crippen LogP contribution in [0.4, 0.5) is 4.79 Å². The van der Waals surface area contributed by atoms with Crippen molar-refractivity contribution < 1.29 is 28.5 Å². The van der Waals surface area contributed by atoms with Crippen molar-refractivity contribution >= 4 is 6.09 Å². The van der Waals surface area contributed by atoms with Crippen molar-refractivity contribution in [3.63, 3.8) is 0 Å². The zero-order valence-electron chi connectivity index (χ0n) is 33.6. The molecule has 3 atom stereocenters. The Kier molecular flexibility index (Phi) is 15.4. The molecule has 1 N–H and O–H groups in total. The number of rotatable bonds is 21. The largest absolute Gasteiger partial charge is 0.445 e. The molecular weight excluding hydrogens is 747 g/mol. The lowest BCUT2D eigenvalue weighted by molar-refractivity contribution is -0.147. The Balaban J connectivity index is 1.28. The molecule has 0 saturated carbocycles. The van der Waals surface area contributed by atoms with Crippen molar-refractivity contribution in [1.29, 1.82) is 0 Å². The van der Waals surface area contributed by atoms with E-state index in [1.165, 1.54) is 0 Å². The lowest BCUT2D eigenvalue weighted by Gasteiger charge is -2.39. The van der Waals surface area contributed by atoms with Crippen LogP contribution in [0.2, 0.25) is 0 Å². The number of benzene rings is 7. The van der Waals surface area contributed by atoms with Gasteiger partial charge >= 0.3 is 6.09 Å². The highest BCUT2D eigenvalue weighted by molar-refractivity contribution is 5.67. The quantitative estimate of drug-likeness (QED) is 0.0730. The molecule has 304 valence electrons. The van der Waals surface area contributed by atoms with Crippen molar-refractivity contribution in [2.24, 2.45) is 0 Å². The van der Waals surface area contributed by atoms with Gasteiger partial charge in [0, 0.05) is 0 Å². The Morgan fingerprint density at radius 2 is 0.800 bits per heavy atom. The van der Waals surface area contributed by atoms with E-state index in [9.17, 15) is 4.79 Å². The van der Waals surface area contributed by atoms with Crippen molar-refractivity contribution in [2.75, 3.05) is 13.2 Å². The molecule has 1 amide bonds. The molecule has 7 aromatic rings. The second-order valence-electron chi connectivity index (χ2n) is 14.5. The third kappa shape index (κ3) is 11.6. The molecule has 0 unspecified atom stereocenters. The summed E-state index contributed by atoms with van der Waals surface area (Å²) in [6.45, 7) is 1.11. The average Bonchev–Trinajstić information content (AvgIpc) is 3.32. The normalized spacial score (nSPS) is 12.9. The molecule has 7 heteroatoms. The average molecular weight is 798 g/mol. The van der Waals surface area contributed by atoms with Crippen molar-refractivity contribution in [3.8, 4) is 0 Å². The van der Waals surface area contributed by atoms with Gasteiger partial charge < -0.3 is 29.0 Å². The van der Waals surface area contributed by atoms with Gasteiger partial charge in [0.25, 0.3) is 0 Å². The molecule has 0 aliphatic carbocycles. The summed E-state index contributed by atoms with van der Waals surface area (Å²) in [6, 6.07) is 69.5. The molecule has 0 bridgehead atoms. The summed E-state index contributed by atoms with van der Waals surface area (Å²) < 4.78 is 33.5. The SMILES string of the molecule is O=C(N[C@H](COCc1ccccc1)[C@@H](OCc1ccccc1)[C@@H](COC(c1ccccc1)(c1ccccc1)c1ccccc1)OCc1ccccc1)OCc1ccccc1. The van der Waals surface area contributed by atoms with E-state index in [0.29, 0.717) is 6.61 Å². The van der Waals surface area contributed by atoms with E-state index in [1.54, 1.807) is 0 Å². The predicted molar refractivity (Wildman–Crippen MR) is 235 cm³/mol. The molecule has 60 heavy (non-hydrogen) atoms. The summed E-state index contributed by atoms with van der Waals surface area (Å²) in [6.07, 6.45) is -2.12. The lowest BCUT2D eigenvalue weighted by Crippen LogP contribution is -2.54. The van der Waals surface area contributed by atoms with Crippen LogP contribution < -0.4 is 5.32 Å². The minimum atomic E-state index is -1.04. The van der Waals surface area contributed by atoms with Gasteiger partial charge in [0.2, 0.25) is 0 Å². The first-order valence-electron chi connectivity index (χ1n) is 20.4. The van der Waals surface area contributed by atoms with Crippen LogP contribution in [-0.2, 0) is 55.7 Å². The van der Waals surface area contributed by atoms with Crippen LogP contribution >= 0.6 is 0 Å². The first-order valence-corrected chi connectivity index (χ1v) is 20.4. The van der Waals surface area contributed by atoms with Crippen LogP contribution in [0.15, 0.2) is 212 Å². The molecule has 7 nitrogen and oxygen atoms in total. The first-order chi connectivity index (χ1) is 29.7. The summed E-state index contributed by atoms with van der Waals surface area (Å²) in [5, 5.41) is 3.13. The van der Waals surface area contributed by atoms with E-state index in [-0.39, 0.29) is 33.0 Å². The number of amides is 1. The Hall–Kier alpha value is -6.35. The van der Waals surface area contributed by atoms with Crippen LogP contribution in [0.25, 0.3) is 0 Å². The zero-order valence-corrected chi connectivity index (χ0v) is 33.6. The number of nitrogens with one attached hydrogen (secondary N) is 1. The smallest absolute Gasteiger partial charge is 0.407 e. The molecule has 0 heterocycles. The highest BCUT2D eigenvalue weighted by atomic mass is 16.6. The van der Waals surface area contributed by atoms with Gasteiger partial charge in [0.15, 0.2) is 0 Å². The third-order valence-electron chi connectivity index (χ3n) is 10.3. The number of carbonyl (C=O) groups is 1. The zero-order chi connectivity index (χ0) is 41.1. The molecular formula is C53H51NO6. The van der Waals surface area contributed by atoms with Gasteiger partial charge in [-0.1, -0.05) is 212 Å². The maximum absolute atomic E-state index is 13.8. The molecule has 0 aliphatic rings. The molecule has 0 fully saturated rings. The van der Waals surface area contributed by atoms with Gasteiger partial charge in [-0.25, -0.2) is 4.79 Å². The Morgan fingerprint density at radius 3 is 1.23 bits per heavy atom. The van der Waals surface area contributed by atoms with Crippen LogP contribution in [0, 0.1) is 0 Å². The van der Waals surface area contributed by atoms with Crippen LogP contribution in [0.5, 0.6) is 0 Å². The van der Waals surface area contributed by atoms with E-state index in [2.05, 4.69) is 41.7 Å². The van der Waals surface area contributed by atoms with E-state index in [4.69, 9.17) is 23.7 Å². The third-order valence-corrected chi connectivity index (χ3v) is 10.3. The number of hydrogen-bond acceptors (Lipinski definition) is 6. The molecule has 0 aromatic heterocycles. The number of hydrogen-bond donors (Lipinski definition) is 1. The fraction of sp³-hybridized carbons (Fsp3) is 0.189. The lowest BCUT2D eigenvalue weighted by atomic mass is 9.80. The Morgan fingerprint density at radius 1 is 0.433 bits per heavy atom. The highest BCUT2D eigenvalue weighted by Crippen LogP contribution is 2.41. The fourth-order valence-electron chi connectivity index (χ4n) is 7.25. The van der Waals surface area contributed by atoms with E-state index >= 15 is 0 Å². The van der Waals surface area contributed by atoms with Gasteiger partial charge in [-0.05, 0) is 38.9 Å². The maximum Gasteiger partial charge on any atom is 0.407 e. The summed E-state index contributed by atoms with van der Waals surface area (Å²) >= 11 is 0. The van der Waals surface area contributed by atoms with E-state index in [0.717, 1.165) is 38.9 Å². The maximum atomic E-state index is 13.8. The minimum Gasteiger partial charge on any atom is -0.445 e. The molecule has 0 saturated heterocycles. The Bertz CT molecular complexity index is 2150. The van der Waals surface area contributed by atoms with Crippen molar-refractivity contribution in [1.82, 2.24) is 5.32 Å². The van der Waals surface area contributed by atoms with Gasteiger partial charge in [0.1, 0.15) is 24.4 Å². The van der Waals surface area contributed by atoms with Gasteiger partial charge in [-0.3, -0.25) is 0 Å². The molecule has 0 radical (unpaired) electrons. The first kappa shape index (κ1) is 41.8. The predicted octanol–water partition coefficient (Wildman–Crippen LogP) is 10.7. The monoisotopic (exact) mass is 797 g/mol. The number of ether oxygens (including phenoxy) is 5. The van der Waals surface area contributed by atoms with Gasteiger partial charge in [0.05, 0.1) is 39.1 Å². The second kappa shape index (κ2) is 22.1. The van der Waals surface area contributed by atoms with Crippen molar-refractivity contribution in [3.05, 3.63) is 251 Å². The molecule has 0 spiro atoms. The summed E-state index contributed by atoms with van der Waals surface area (Å²) in [7, 11) is 0. The van der Waals surface area contributed by atoms with Crippen LogP contribution in [-0.4, -0.2) is 37.6 Å². The van der Waals surface area contributed by atoms with Gasteiger partial charge in [-0.2, -0.15) is 0 Å². The van der Waals surface area contributed by atoms with E-state index in [1.807, 2.05) is 176 Å². The molecule has 7 rings (SSSR count). The Labute approximate surface area is 353 Å². The van der Waals surface area contributed by atoms with E-state index < -0.39 is 29.9 Å². The van der Waals surface area contributed by atoms with Crippen molar-refractivity contribution in [2.45, 2.75) is 50.3 Å². The van der Waals surface area contributed by atoms with Crippen LogP contribution in [0.3, 0.4) is 0 Å². The molecule has 0 aliphatic heterocycles. The second-order valence-corrected chi connectivity index (χ2v) is 14.5. The number of alkyl carbamates (subject to hydrolysis) is 1. The summed E-state index contributed by atoms with van der Waals surface area (Å²) in [5.41, 5.74) is 5.65. The molecule has 7 aromatic carbocycles. The highest BCUT2D eigenvalue weighted by Gasteiger charge is 2.41. The standard InChI is InChI=1S/C53H51NO6/c55-52(59-39-45-28-14-4-15-29-45)54-49(40-56-36-42-22-8-1-9-23-42)51(58-38-44-26-12-3-13-27-44)50(57-37-43-24-10-2-11-25-43)41-60-53(46-30-16-5-17-31-46,47-32-18-6-19-33-47)48-34-20-7-21-35-48/h1-35,49-51H,36-41H2,(H,54,55)/t49-,50-,51-/m1/s1. The topological polar surface area (TPSA) is 75.3 Å². The summed E-state index contributed by atoms with van der Waals surface area (Å²) in [5.74, 6) is 0.